The fraction of sp³-hybridized carbons (Fsp3) is 0.611. The van der Waals surface area contributed by atoms with Crippen LogP contribution in [0.2, 0.25) is 0 Å². The summed E-state index contributed by atoms with van der Waals surface area (Å²) in [6.07, 6.45) is 6.16. The lowest BCUT2D eigenvalue weighted by molar-refractivity contribution is -0.133. The highest BCUT2D eigenvalue weighted by Gasteiger charge is 2.29. The predicted molar refractivity (Wildman–Crippen MR) is 87.1 cm³/mol. The van der Waals surface area contributed by atoms with Crippen molar-refractivity contribution in [1.82, 2.24) is 4.90 Å². The molecule has 0 spiro atoms. The molecule has 0 aromatic heterocycles. The molecule has 116 valence electrons. The standard InChI is InChI=1S/C18H28N2O/c1-14-7-9-15(10-8-14)11-12-18(21)20(2)17-6-4-3-5-16(17)13-19/h7-10,16-17H,3-6,11-13,19H2,1-2H3. The minimum absolute atomic E-state index is 0.251. The minimum Gasteiger partial charge on any atom is -0.342 e. The van der Waals surface area contributed by atoms with Crippen LogP contribution in [0.1, 0.15) is 43.2 Å². The first-order valence-corrected chi connectivity index (χ1v) is 8.13. The summed E-state index contributed by atoms with van der Waals surface area (Å²) >= 11 is 0. The number of aryl methyl sites for hydroxylation is 2. The molecule has 1 aliphatic rings. The van der Waals surface area contributed by atoms with Gasteiger partial charge in [-0.25, -0.2) is 0 Å². The summed E-state index contributed by atoms with van der Waals surface area (Å²) in [6, 6.07) is 8.79. The van der Waals surface area contributed by atoms with Gasteiger partial charge < -0.3 is 10.6 Å². The highest BCUT2D eigenvalue weighted by atomic mass is 16.2. The van der Waals surface area contributed by atoms with Crippen molar-refractivity contribution in [2.75, 3.05) is 13.6 Å². The van der Waals surface area contributed by atoms with Gasteiger partial charge in [0.2, 0.25) is 5.91 Å². The SMILES string of the molecule is Cc1ccc(CCC(=O)N(C)C2CCCCC2CN)cc1. The minimum atomic E-state index is 0.251. The van der Waals surface area contributed by atoms with Crippen molar-refractivity contribution in [2.45, 2.75) is 51.5 Å². The molecule has 1 aliphatic carbocycles. The molecule has 0 radical (unpaired) electrons. The average molecular weight is 288 g/mol. The molecular weight excluding hydrogens is 260 g/mol. The van der Waals surface area contributed by atoms with Crippen LogP contribution in [0.15, 0.2) is 24.3 Å². The number of nitrogens with zero attached hydrogens (tertiary/aromatic N) is 1. The Kier molecular flexibility index (Phi) is 5.80. The quantitative estimate of drug-likeness (QED) is 0.905. The third-order valence-corrected chi connectivity index (χ3v) is 4.81. The molecule has 0 heterocycles. The highest BCUT2D eigenvalue weighted by Crippen LogP contribution is 2.27. The van der Waals surface area contributed by atoms with E-state index in [2.05, 4.69) is 31.2 Å². The first-order valence-electron chi connectivity index (χ1n) is 8.13. The van der Waals surface area contributed by atoms with Crippen LogP contribution in [-0.2, 0) is 11.2 Å². The Labute approximate surface area is 128 Å². The van der Waals surface area contributed by atoms with Gasteiger partial charge in [0.15, 0.2) is 0 Å². The third kappa shape index (κ3) is 4.31. The molecule has 1 amide bonds. The summed E-state index contributed by atoms with van der Waals surface area (Å²) in [5, 5.41) is 0. The van der Waals surface area contributed by atoms with E-state index in [0.29, 0.717) is 24.9 Å². The smallest absolute Gasteiger partial charge is 0.222 e. The molecule has 2 atom stereocenters. The summed E-state index contributed by atoms with van der Waals surface area (Å²) in [6.45, 7) is 2.78. The van der Waals surface area contributed by atoms with Gasteiger partial charge in [-0.05, 0) is 44.2 Å². The van der Waals surface area contributed by atoms with Crippen molar-refractivity contribution < 1.29 is 4.79 Å². The maximum Gasteiger partial charge on any atom is 0.222 e. The largest absolute Gasteiger partial charge is 0.342 e. The maximum atomic E-state index is 12.4. The molecule has 21 heavy (non-hydrogen) atoms. The Bertz CT molecular complexity index is 455. The van der Waals surface area contributed by atoms with Gasteiger partial charge in [0.25, 0.3) is 0 Å². The van der Waals surface area contributed by atoms with E-state index in [4.69, 9.17) is 5.73 Å². The lowest BCUT2D eigenvalue weighted by atomic mass is 9.83. The van der Waals surface area contributed by atoms with E-state index in [-0.39, 0.29) is 5.91 Å². The monoisotopic (exact) mass is 288 g/mol. The van der Waals surface area contributed by atoms with Crippen LogP contribution in [0.3, 0.4) is 0 Å². The number of carbonyl (C=O) groups excluding carboxylic acids is 1. The highest BCUT2D eigenvalue weighted by molar-refractivity contribution is 5.76. The molecule has 0 saturated heterocycles. The fourth-order valence-electron chi connectivity index (χ4n) is 3.34. The molecular formula is C18H28N2O. The number of hydrogen-bond donors (Lipinski definition) is 1. The van der Waals surface area contributed by atoms with Gasteiger partial charge in [-0.1, -0.05) is 42.7 Å². The van der Waals surface area contributed by atoms with E-state index in [0.717, 1.165) is 19.3 Å². The number of hydrogen-bond acceptors (Lipinski definition) is 2. The van der Waals surface area contributed by atoms with Gasteiger partial charge in [0.05, 0.1) is 0 Å². The lowest BCUT2D eigenvalue weighted by Gasteiger charge is -2.37. The van der Waals surface area contributed by atoms with Crippen LogP contribution < -0.4 is 5.73 Å². The van der Waals surface area contributed by atoms with Crippen LogP contribution in [0.4, 0.5) is 0 Å². The van der Waals surface area contributed by atoms with E-state index >= 15 is 0 Å². The predicted octanol–water partition coefficient (Wildman–Crippen LogP) is 2.90. The zero-order chi connectivity index (χ0) is 15.2. The first-order chi connectivity index (χ1) is 10.1. The van der Waals surface area contributed by atoms with Crippen molar-refractivity contribution >= 4 is 5.91 Å². The fourth-order valence-corrected chi connectivity index (χ4v) is 3.34. The van der Waals surface area contributed by atoms with Crippen LogP contribution >= 0.6 is 0 Å². The molecule has 1 aromatic carbocycles. The molecule has 3 heteroatoms. The second-order valence-electron chi connectivity index (χ2n) is 6.34. The van der Waals surface area contributed by atoms with E-state index in [9.17, 15) is 4.79 Å². The van der Waals surface area contributed by atoms with Crippen molar-refractivity contribution in [3.8, 4) is 0 Å². The van der Waals surface area contributed by atoms with E-state index < -0.39 is 0 Å². The number of nitrogens with two attached hydrogens (primary N) is 1. The number of rotatable bonds is 5. The average Bonchev–Trinajstić information content (AvgIpc) is 2.53. The Balaban J connectivity index is 1.88. The molecule has 2 N–H and O–H groups in total. The Morgan fingerprint density at radius 1 is 1.24 bits per heavy atom. The van der Waals surface area contributed by atoms with Crippen molar-refractivity contribution in [3.63, 3.8) is 0 Å². The Morgan fingerprint density at radius 2 is 1.90 bits per heavy atom. The zero-order valence-electron chi connectivity index (χ0n) is 13.3. The number of benzene rings is 1. The topological polar surface area (TPSA) is 46.3 Å². The third-order valence-electron chi connectivity index (χ3n) is 4.81. The van der Waals surface area contributed by atoms with Crippen molar-refractivity contribution in [3.05, 3.63) is 35.4 Å². The van der Waals surface area contributed by atoms with Gasteiger partial charge in [0.1, 0.15) is 0 Å². The molecule has 2 rings (SSSR count). The van der Waals surface area contributed by atoms with Crippen molar-refractivity contribution in [1.29, 1.82) is 0 Å². The van der Waals surface area contributed by atoms with E-state index in [1.807, 2.05) is 11.9 Å². The summed E-state index contributed by atoms with van der Waals surface area (Å²) in [5.74, 6) is 0.730. The second kappa shape index (κ2) is 7.60. The molecule has 0 aliphatic heterocycles. The van der Waals surface area contributed by atoms with E-state index in [1.54, 1.807) is 0 Å². The first kappa shape index (κ1) is 16.0. The van der Waals surface area contributed by atoms with Gasteiger partial charge >= 0.3 is 0 Å². The Hall–Kier alpha value is -1.35. The Morgan fingerprint density at radius 3 is 2.57 bits per heavy atom. The van der Waals surface area contributed by atoms with Gasteiger partial charge in [-0.15, -0.1) is 0 Å². The second-order valence-corrected chi connectivity index (χ2v) is 6.34. The molecule has 1 aromatic rings. The van der Waals surface area contributed by atoms with Gasteiger partial charge in [-0.3, -0.25) is 4.79 Å². The van der Waals surface area contributed by atoms with Gasteiger partial charge in [0, 0.05) is 19.5 Å². The molecule has 0 bridgehead atoms. The summed E-state index contributed by atoms with van der Waals surface area (Å²) in [7, 11) is 1.95. The molecule has 2 unspecified atom stereocenters. The molecule has 1 saturated carbocycles. The van der Waals surface area contributed by atoms with Gasteiger partial charge in [-0.2, -0.15) is 0 Å². The molecule has 1 fully saturated rings. The normalized spacial score (nSPS) is 22.0. The number of carbonyl (C=O) groups is 1. The van der Waals surface area contributed by atoms with Crippen LogP contribution in [0.25, 0.3) is 0 Å². The molecule has 3 nitrogen and oxygen atoms in total. The van der Waals surface area contributed by atoms with Crippen LogP contribution in [0, 0.1) is 12.8 Å². The van der Waals surface area contributed by atoms with Crippen LogP contribution in [0.5, 0.6) is 0 Å². The lowest BCUT2D eigenvalue weighted by Crippen LogP contribution is -2.46. The zero-order valence-corrected chi connectivity index (χ0v) is 13.3. The number of amides is 1. The van der Waals surface area contributed by atoms with Crippen LogP contribution in [-0.4, -0.2) is 30.4 Å². The summed E-state index contributed by atoms with van der Waals surface area (Å²) < 4.78 is 0. The van der Waals surface area contributed by atoms with E-state index in [1.165, 1.54) is 24.0 Å². The van der Waals surface area contributed by atoms with Crippen molar-refractivity contribution in [2.24, 2.45) is 11.7 Å². The summed E-state index contributed by atoms with van der Waals surface area (Å²) in [5.41, 5.74) is 8.37. The summed E-state index contributed by atoms with van der Waals surface area (Å²) in [4.78, 5) is 14.4. The maximum absolute atomic E-state index is 12.4.